The second-order valence-electron chi connectivity index (χ2n) is 8.82. The van der Waals surface area contributed by atoms with Crippen LogP contribution in [-0.4, -0.2) is 32.0 Å². The first-order chi connectivity index (χ1) is 15.8. The second kappa shape index (κ2) is 9.35. The topological polar surface area (TPSA) is 62.2 Å². The molecule has 3 aromatic rings. The number of benzene rings is 1. The number of nitrogens with one attached hydrogen (secondary N) is 2. The predicted octanol–water partition coefficient (Wildman–Crippen LogP) is 4.66. The van der Waals surface area contributed by atoms with Gasteiger partial charge in [-0.05, 0) is 80.9 Å². The number of carbonyl (C=O) groups is 1. The third-order valence-corrected chi connectivity index (χ3v) is 6.93. The Morgan fingerprint density at radius 2 is 1.94 bits per heavy atom. The van der Waals surface area contributed by atoms with E-state index in [-0.39, 0.29) is 18.0 Å². The Kier molecular flexibility index (Phi) is 6.51. The summed E-state index contributed by atoms with van der Waals surface area (Å²) >= 11 is 5.75. The highest BCUT2D eigenvalue weighted by Gasteiger charge is 2.41. The number of thiocarbonyl (C=S) groups is 1. The van der Waals surface area contributed by atoms with Crippen LogP contribution in [0.2, 0.25) is 0 Å². The van der Waals surface area contributed by atoms with Crippen LogP contribution in [0.3, 0.4) is 0 Å². The van der Waals surface area contributed by atoms with Crippen LogP contribution in [0, 0.1) is 27.7 Å². The lowest BCUT2D eigenvalue weighted by molar-refractivity contribution is -0.116. The Labute approximate surface area is 201 Å². The molecule has 1 aliphatic heterocycles. The van der Waals surface area contributed by atoms with E-state index >= 15 is 0 Å². The molecule has 1 aliphatic rings. The Morgan fingerprint density at radius 1 is 1.15 bits per heavy atom. The predicted molar refractivity (Wildman–Crippen MR) is 136 cm³/mol. The lowest BCUT2D eigenvalue weighted by Gasteiger charge is -2.28. The van der Waals surface area contributed by atoms with Gasteiger partial charge in [-0.3, -0.25) is 9.78 Å². The zero-order chi connectivity index (χ0) is 23.7. The Hall–Kier alpha value is -3.19. The average Bonchev–Trinajstić information content (AvgIpc) is 3.25. The van der Waals surface area contributed by atoms with Gasteiger partial charge in [0.1, 0.15) is 0 Å². The quantitative estimate of drug-likeness (QED) is 0.523. The van der Waals surface area contributed by atoms with Gasteiger partial charge in [0.15, 0.2) is 5.11 Å². The molecule has 2 N–H and O–H groups in total. The molecular formula is C26H31N5OS. The van der Waals surface area contributed by atoms with Crippen LogP contribution in [0.5, 0.6) is 0 Å². The van der Waals surface area contributed by atoms with Crippen molar-refractivity contribution in [2.45, 2.75) is 46.2 Å². The number of anilines is 1. The van der Waals surface area contributed by atoms with Crippen molar-refractivity contribution in [3.63, 3.8) is 0 Å². The molecule has 2 aromatic heterocycles. The minimum absolute atomic E-state index is 0.0208. The molecule has 0 aliphatic carbocycles. The molecule has 1 saturated heterocycles. The summed E-state index contributed by atoms with van der Waals surface area (Å²) in [7, 11) is 2.08. The number of aromatic nitrogens is 2. The van der Waals surface area contributed by atoms with Crippen LogP contribution < -0.4 is 10.6 Å². The maximum absolute atomic E-state index is 12.8. The number of aryl methyl sites for hydroxylation is 3. The van der Waals surface area contributed by atoms with E-state index in [0.29, 0.717) is 18.1 Å². The van der Waals surface area contributed by atoms with Gasteiger partial charge in [0.25, 0.3) is 0 Å². The summed E-state index contributed by atoms with van der Waals surface area (Å²) in [4.78, 5) is 19.6. The first kappa shape index (κ1) is 23.0. The van der Waals surface area contributed by atoms with Crippen molar-refractivity contribution in [3.8, 4) is 0 Å². The standard InChI is InChI=1S/C26H31N5OS/c1-16-9-10-17(2)22(14-16)28-23(32)11-13-31-25(20-15-18(3)30(5)19(20)4)24(29-26(31)33)21-8-6-7-12-27-21/h6-10,12,14-15,24-25H,11,13H2,1-5H3,(H,28,32)(H,29,33)/t24-,25-/m1/s1. The first-order valence-corrected chi connectivity index (χ1v) is 11.6. The molecule has 7 heteroatoms. The van der Waals surface area contributed by atoms with Crippen LogP contribution in [-0.2, 0) is 11.8 Å². The van der Waals surface area contributed by atoms with Crippen molar-refractivity contribution in [1.29, 1.82) is 0 Å². The molecule has 3 heterocycles. The average molecular weight is 462 g/mol. The summed E-state index contributed by atoms with van der Waals surface area (Å²) in [5.74, 6) is -0.0208. The maximum Gasteiger partial charge on any atom is 0.226 e. The highest BCUT2D eigenvalue weighted by atomic mass is 32.1. The number of nitrogens with zero attached hydrogens (tertiary/aromatic N) is 3. The van der Waals surface area contributed by atoms with E-state index in [1.54, 1.807) is 6.20 Å². The SMILES string of the molecule is Cc1ccc(C)c(NC(=O)CCN2C(=S)N[C@H](c3ccccn3)[C@H]2c2cc(C)n(C)c2C)c1. The van der Waals surface area contributed by atoms with Gasteiger partial charge < -0.3 is 20.1 Å². The fourth-order valence-corrected chi connectivity index (χ4v) is 4.81. The minimum atomic E-state index is -0.0821. The molecule has 6 nitrogen and oxygen atoms in total. The zero-order valence-corrected chi connectivity index (χ0v) is 20.7. The summed E-state index contributed by atoms with van der Waals surface area (Å²) in [6.07, 6.45) is 2.14. The normalized spacial score (nSPS) is 17.8. The fourth-order valence-electron chi connectivity index (χ4n) is 4.47. The second-order valence-corrected chi connectivity index (χ2v) is 9.21. The molecule has 1 aromatic carbocycles. The molecule has 0 radical (unpaired) electrons. The third-order valence-electron chi connectivity index (χ3n) is 6.58. The van der Waals surface area contributed by atoms with E-state index in [1.165, 1.54) is 17.0 Å². The summed E-state index contributed by atoms with van der Waals surface area (Å²) in [5, 5.41) is 7.18. The summed E-state index contributed by atoms with van der Waals surface area (Å²) in [5.41, 5.74) is 7.55. The van der Waals surface area contributed by atoms with Crippen molar-refractivity contribution in [2.24, 2.45) is 7.05 Å². The van der Waals surface area contributed by atoms with Crippen molar-refractivity contribution < 1.29 is 4.79 Å². The third kappa shape index (κ3) is 4.64. The van der Waals surface area contributed by atoms with Gasteiger partial charge in [0.05, 0.1) is 17.8 Å². The van der Waals surface area contributed by atoms with E-state index in [4.69, 9.17) is 12.2 Å². The number of pyridine rings is 1. The Morgan fingerprint density at radius 3 is 2.61 bits per heavy atom. The summed E-state index contributed by atoms with van der Waals surface area (Å²) in [6.45, 7) is 8.78. The molecule has 33 heavy (non-hydrogen) atoms. The molecule has 172 valence electrons. The molecule has 1 fully saturated rings. The van der Waals surface area contributed by atoms with E-state index in [1.807, 2.05) is 50.2 Å². The van der Waals surface area contributed by atoms with Crippen molar-refractivity contribution >= 4 is 28.9 Å². The van der Waals surface area contributed by atoms with E-state index in [9.17, 15) is 4.79 Å². The van der Waals surface area contributed by atoms with Crippen molar-refractivity contribution in [1.82, 2.24) is 19.8 Å². The maximum atomic E-state index is 12.8. The van der Waals surface area contributed by atoms with E-state index in [0.717, 1.165) is 22.5 Å². The number of hydrogen-bond acceptors (Lipinski definition) is 3. The number of carbonyl (C=O) groups excluding carboxylic acids is 1. The molecule has 0 unspecified atom stereocenters. The number of hydrogen-bond donors (Lipinski definition) is 2. The van der Waals surface area contributed by atoms with Gasteiger partial charge in [0.2, 0.25) is 5.91 Å². The fraction of sp³-hybridized carbons (Fsp3) is 0.346. The summed E-state index contributed by atoms with van der Waals surface area (Å²) in [6, 6.07) is 14.1. The Balaban J connectivity index is 1.58. The Bertz CT molecular complexity index is 1190. The molecule has 1 amide bonds. The lowest BCUT2D eigenvalue weighted by atomic mass is 9.96. The van der Waals surface area contributed by atoms with Gasteiger partial charge in [-0.15, -0.1) is 0 Å². The van der Waals surface area contributed by atoms with Gasteiger partial charge in [-0.25, -0.2) is 0 Å². The largest absolute Gasteiger partial charge is 0.352 e. The molecule has 2 atom stereocenters. The van der Waals surface area contributed by atoms with Crippen molar-refractivity contribution in [2.75, 3.05) is 11.9 Å². The van der Waals surface area contributed by atoms with Crippen LogP contribution in [0.1, 0.15) is 52.3 Å². The summed E-state index contributed by atoms with van der Waals surface area (Å²) < 4.78 is 2.19. The molecule has 4 rings (SSSR count). The van der Waals surface area contributed by atoms with Crippen molar-refractivity contribution in [3.05, 3.63) is 82.4 Å². The number of rotatable bonds is 6. The smallest absolute Gasteiger partial charge is 0.226 e. The van der Waals surface area contributed by atoms with Gasteiger partial charge in [-0.2, -0.15) is 0 Å². The minimum Gasteiger partial charge on any atom is -0.352 e. The van der Waals surface area contributed by atoms with Crippen LogP contribution in [0.25, 0.3) is 0 Å². The lowest BCUT2D eigenvalue weighted by Crippen LogP contribution is -2.33. The van der Waals surface area contributed by atoms with Crippen LogP contribution in [0.4, 0.5) is 5.69 Å². The monoisotopic (exact) mass is 461 g/mol. The van der Waals surface area contributed by atoms with Gasteiger partial charge >= 0.3 is 0 Å². The van der Waals surface area contributed by atoms with Crippen LogP contribution in [0.15, 0.2) is 48.7 Å². The molecular weight excluding hydrogens is 430 g/mol. The molecule has 0 bridgehead atoms. The van der Waals surface area contributed by atoms with Gasteiger partial charge in [0, 0.05) is 43.3 Å². The highest BCUT2D eigenvalue weighted by Crippen LogP contribution is 2.40. The highest BCUT2D eigenvalue weighted by molar-refractivity contribution is 7.80. The molecule has 0 saturated carbocycles. The van der Waals surface area contributed by atoms with Gasteiger partial charge in [-0.1, -0.05) is 18.2 Å². The van der Waals surface area contributed by atoms with Crippen LogP contribution >= 0.6 is 12.2 Å². The zero-order valence-electron chi connectivity index (χ0n) is 19.8. The molecule has 0 spiro atoms. The first-order valence-electron chi connectivity index (χ1n) is 11.2. The number of amides is 1. The van der Waals surface area contributed by atoms with E-state index < -0.39 is 0 Å². The van der Waals surface area contributed by atoms with E-state index in [2.05, 4.69) is 52.0 Å².